The lowest BCUT2D eigenvalue weighted by Gasteiger charge is -2.20. The van der Waals surface area contributed by atoms with Gasteiger partial charge in [0.25, 0.3) is 0 Å². The fourth-order valence-corrected chi connectivity index (χ4v) is 3.70. The zero-order chi connectivity index (χ0) is 21.7. The van der Waals surface area contributed by atoms with E-state index >= 15 is 0 Å². The van der Waals surface area contributed by atoms with E-state index in [4.69, 9.17) is 9.84 Å². The molecule has 1 aliphatic rings. The first-order valence-electron chi connectivity index (χ1n) is 9.94. The molecule has 3 rings (SSSR count). The van der Waals surface area contributed by atoms with Crippen molar-refractivity contribution < 1.29 is 24.2 Å². The normalized spacial score (nSPS) is 13.1. The smallest absolute Gasteiger partial charge is 0.407 e. The average molecular weight is 410 g/mol. The van der Waals surface area contributed by atoms with E-state index in [9.17, 15) is 14.4 Å². The zero-order valence-electron chi connectivity index (χ0n) is 17.1. The van der Waals surface area contributed by atoms with Gasteiger partial charge >= 0.3 is 12.1 Å². The summed E-state index contributed by atoms with van der Waals surface area (Å²) in [4.78, 5) is 36.4. The van der Waals surface area contributed by atoms with Gasteiger partial charge in [0.2, 0.25) is 5.91 Å². The van der Waals surface area contributed by atoms with Crippen molar-refractivity contribution in [2.24, 2.45) is 0 Å². The van der Waals surface area contributed by atoms with Gasteiger partial charge in [-0.25, -0.2) is 4.79 Å². The van der Waals surface area contributed by atoms with E-state index in [2.05, 4.69) is 29.6 Å². The Hall–Kier alpha value is -3.35. The van der Waals surface area contributed by atoms with E-state index in [-0.39, 0.29) is 37.8 Å². The first-order chi connectivity index (χ1) is 14.4. The molecule has 0 fully saturated rings. The third kappa shape index (κ3) is 4.97. The first-order valence-corrected chi connectivity index (χ1v) is 9.94. The molecule has 158 valence electrons. The monoisotopic (exact) mass is 410 g/mol. The van der Waals surface area contributed by atoms with Crippen molar-refractivity contribution in [2.75, 3.05) is 20.2 Å². The molecular formula is C23H26N2O5. The highest BCUT2D eigenvalue weighted by molar-refractivity contribution is 5.80. The molecular weight excluding hydrogens is 384 g/mol. The van der Waals surface area contributed by atoms with Gasteiger partial charge in [0.1, 0.15) is 6.61 Å². The molecule has 0 bridgehead atoms. The van der Waals surface area contributed by atoms with Crippen LogP contribution in [-0.4, -0.2) is 54.2 Å². The third-order valence-electron chi connectivity index (χ3n) is 5.28. The van der Waals surface area contributed by atoms with Crippen molar-refractivity contribution in [2.45, 2.75) is 31.7 Å². The Kier molecular flexibility index (Phi) is 6.72. The van der Waals surface area contributed by atoms with E-state index in [1.54, 1.807) is 14.0 Å². The molecule has 0 spiro atoms. The van der Waals surface area contributed by atoms with Crippen LogP contribution in [-0.2, 0) is 14.3 Å². The standard InChI is InChI=1S/C23H26N2O5/c1-15(13-21(26)25(2)12-11-22(27)28)24-23(29)30-14-20-18-9-5-3-7-16(18)17-8-4-6-10-19(17)20/h3-10,15,20H,11-14H2,1-2H3,(H,24,29)(H,27,28). The molecule has 0 saturated heterocycles. The minimum absolute atomic E-state index is 0.0257. The number of carboxylic acid groups (broad SMARTS) is 1. The Bertz CT molecular complexity index is 897. The van der Waals surface area contributed by atoms with E-state index < -0.39 is 18.1 Å². The Morgan fingerprint density at radius 3 is 2.20 bits per heavy atom. The zero-order valence-corrected chi connectivity index (χ0v) is 17.1. The number of rotatable bonds is 8. The quantitative estimate of drug-likeness (QED) is 0.697. The SMILES string of the molecule is CC(CC(=O)N(C)CCC(=O)O)NC(=O)OCC1c2ccccc2-c2ccccc21. The van der Waals surface area contributed by atoms with Gasteiger partial charge in [-0.1, -0.05) is 48.5 Å². The summed E-state index contributed by atoms with van der Waals surface area (Å²) in [6.45, 7) is 2.05. The van der Waals surface area contributed by atoms with Crippen LogP contribution in [0.15, 0.2) is 48.5 Å². The van der Waals surface area contributed by atoms with E-state index in [0.717, 1.165) is 22.3 Å². The molecule has 1 atom stereocenters. The third-order valence-corrected chi connectivity index (χ3v) is 5.28. The molecule has 2 N–H and O–H groups in total. The van der Waals surface area contributed by atoms with Gasteiger partial charge in [-0.15, -0.1) is 0 Å². The Balaban J connectivity index is 1.52. The van der Waals surface area contributed by atoms with Gasteiger partial charge in [0.05, 0.1) is 6.42 Å². The number of carbonyl (C=O) groups is 3. The molecule has 0 heterocycles. The summed E-state index contributed by atoms with van der Waals surface area (Å²) in [5.41, 5.74) is 4.58. The van der Waals surface area contributed by atoms with E-state index in [0.29, 0.717) is 0 Å². The molecule has 7 heteroatoms. The summed E-state index contributed by atoms with van der Waals surface area (Å²) in [6.07, 6.45) is -0.623. The van der Waals surface area contributed by atoms with Crippen molar-refractivity contribution >= 4 is 18.0 Å². The van der Waals surface area contributed by atoms with Crippen LogP contribution in [0.4, 0.5) is 4.79 Å². The number of nitrogens with one attached hydrogen (secondary N) is 1. The molecule has 30 heavy (non-hydrogen) atoms. The van der Waals surface area contributed by atoms with Crippen molar-refractivity contribution in [3.63, 3.8) is 0 Å². The average Bonchev–Trinajstić information content (AvgIpc) is 3.04. The maximum Gasteiger partial charge on any atom is 0.407 e. The van der Waals surface area contributed by atoms with Crippen molar-refractivity contribution in [3.8, 4) is 11.1 Å². The van der Waals surface area contributed by atoms with E-state index in [1.165, 1.54) is 4.90 Å². The summed E-state index contributed by atoms with van der Waals surface area (Å²) < 4.78 is 5.48. The first kappa shape index (κ1) is 21.4. The number of carbonyl (C=O) groups excluding carboxylic acids is 2. The second kappa shape index (κ2) is 9.43. The number of nitrogens with zero attached hydrogens (tertiary/aromatic N) is 1. The predicted molar refractivity (Wildman–Crippen MR) is 112 cm³/mol. The van der Waals surface area contributed by atoms with Crippen LogP contribution in [0.2, 0.25) is 0 Å². The lowest BCUT2D eigenvalue weighted by atomic mass is 9.98. The van der Waals surface area contributed by atoms with Crippen LogP contribution in [0, 0.1) is 0 Å². The van der Waals surface area contributed by atoms with Gasteiger partial charge < -0.3 is 20.1 Å². The lowest BCUT2D eigenvalue weighted by molar-refractivity contribution is -0.138. The molecule has 2 aromatic rings. The number of aliphatic carboxylic acids is 1. The number of alkyl carbamates (subject to hydrolysis) is 1. The number of hydrogen-bond acceptors (Lipinski definition) is 4. The fraction of sp³-hybridized carbons (Fsp3) is 0.348. The molecule has 2 aromatic carbocycles. The van der Waals surface area contributed by atoms with Gasteiger partial charge in [0.15, 0.2) is 0 Å². The highest BCUT2D eigenvalue weighted by atomic mass is 16.5. The largest absolute Gasteiger partial charge is 0.481 e. The van der Waals surface area contributed by atoms with Crippen LogP contribution in [0.3, 0.4) is 0 Å². The molecule has 0 aliphatic heterocycles. The Morgan fingerprint density at radius 1 is 1.07 bits per heavy atom. The van der Waals surface area contributed by atoms with Crippen LogP contribution in [0.1, 0.15) is 36.8 Å². The molecule has 2 amide bonds. The van der Waals surface area contributed by atoms with Crippen LogP contribution in [0.5, 0.6) is 0 Å². The van der Waals surface area contributed by atoms with E-state index in [1.807, 2.05) is 24.3 Å². The number of hydrogen-bond donors (Lipinski definition) is 2. The van der Waals surface area contributed by atoms with Crippen molar-refractivity contribution in [1.82, 2.24) is 10.2 Å². The topological polar surface area (TPSA) is 95.9 Å². The fourth-order valence-electron chi connectivity index (χ4n) is 3.70. The number of amides is 2. The van der Waals surface area contributed by atoms with Crippen molar-refractivity contribution in [3.05, 3.63) is 59.7 Å². The molecule has 1 aliphatic carbocycles. The maximum atomic E-state index is 12.3. The van der Waals surface area contributed by atoms with Crippen LogP contribution >= 0.6 is 0 Å². The summed E-state index contributed by atoms with van der Waals surface area (Å²) >= 11 is 0. The predicted octanol–water partition coefficient (Wildman–Crippen LogP) is 3.24. The van der Waals surface area contributed by atoms with Crippen LogP contribution < -0.4 is 5.32 Å². The number of benzene rings is 2. The minimum atomic E-state index is -0.959. The molecule has 7 nitrogen and oxygen atoms in total. The Morgan fingerprint density at radius 2 is 1.63 bits per heavy atom. The van der Waals surface area contributed by atoms with Crippen LogP contribution in [0.25, 0.3) is 11.1 Å². The van der Waals surface area contributed by atoms with Gasteiger partial charge in [-0.05, 0) is 29.2 Å². The van der Waals surface area contributed by atoms with Gasteiger partial charge in [-0.2, -0.15) is 0 Å². The number of fused-ring (bicyclic) bond motifs is 3. The number of ether oxygens (including phenoxy) is 1. The second-order valence-electron chi connectivity index (χ2n) is 7.53. The summed E-state index contributed by atoms with van der Waals surface area (Å²) in [5, 5.41) is 11.4. The molecule has 1 unspecified atom stereocenters. The van der Waals surface area contributed by atoms with Gasteiger partial charge in [-0.3, -0.25) is 9.59 Å². The molecule has 0 saturated carbocycles. The molecule has 0 aromatic heterocycles. The lowest BCUT2D eigenvalue weighted by Crippen LogP contribution is -2.39. The minimum Gasteiger partial charge on any atom is -0.481 e. The summed E-state index contributed by atoms with van der Waals surface area (Å²) in [5.74, 6) is -1.22. The van der Waals surface area contributed by atoms with Crippen molar-refractivity contribution in [1.29, 1.82) is 0 Å². The van der Waals surface area contributed by atoms with Gasteiger partial charge in [0, 0.05) is 32.0 Å². The Labute approximate surface area is 175 Å². The summed E-state index contributed by atoms with van der Waals surface area (Å²) in [7, 11) is 1.55. The maximum absolute atomic E-state index is 12.3. The highest BCUT2D eigenvalue weighted by Gasteiger charge is 2.29. The molecule has 0 radical (unpaired) electrons. The number of carboxylic acids is 1. The second-order valence-corrected chi connectivity index (χ2v) is 7.53. The highest BCUT2D eigenvalue weighted by Crippen LogP contribution is 2.44. The summed E-state index contributed by atoms with van der Waals surface area (Å²) in [6, 6.07) is 15.8.